The molecule has 0 aromatic carbocycles. The van der Waals surface area contributed by atoms with Gasteiger partial charge in [-0.3, -0.25) is 9.59 Å². The number of pyridine rings is 1. The highest BCUT2D eigenvalue weighted by Gasteiger charge is 2.33. The molecule has 0 bridgehead atoms. The number of carbonyl (C=O) groups is 2. The maximum absolute atomic E-state index is 12.7. The van der Waals surface area contributed by atoms with Gasteiger partial charge in [-0.05, 0) is 31.9 Å². The minimum Gasteiger partial charge on any atom is -0.378 e. The molecule has 2 amide bonds. The molecule has 0 unspecified atom stereocenters. The van der Waals surface area contributed by atoms with E-state index in [1.165, 1.54) is 0 Å². The van der Waals surface area contributed by atoms with Crippen LogP contribution in [0, 0.1) is 5.92 Å². The van der Waals surface area contributed by atoms with E-state index in [0.29, 0.717) is 37.6 Å². The maximum Gasteiger partial charge on any atom is 0.252 e. The van der Waals surface area contributed by atoms with Crippen LogP contribution in [0.3, 0.4) is 0 Å². The molecule has 2 atom stereocenters. The third kappa shape index (κ3) is 3.36. The Morgan fingerprint density at radius 3 is 2.71 bits per heavy atom. The number of aromatic nitrogens is 1. The molecule has 1 aromatic rings. The fourth-order valence-corrected chi connectivity index (χ4v) is 3.46. The van der Waals surface area contributed by atoms with Crippen molar-refractivity contribution in [1.29, 1.82) is 0 Å². The predicted molar refractivity (Wildman–Crippen MR) is 89.7 cm³/mol. The molecule has 3 rings (SSSR count). The van der Waals surface area contributed by atoms with Crippen molar-refractivity contribution in [2.45, 2.75) is 25.9 Å². The molecule has 2 saturated heterocycles. The quantitative estimate of drug-likeness (QED) is 0.878. The Kier molecular flexibility index (Phi) is 4.99. The summed E-state index contributed by atoms with van der Waals surface area (Å²) in [4.78, 5) is 32.5. The molecular weight excluding hydrogens is 308 g/mol. The van der Waals surface area contributed by atoms with Gasteiger partial charge in [-0.1, -0.05) is 0 Å². The zero-order valence-electron chi connectivity index (χ0n) is 14.0. The first kappa shape index (κ1) is 16.7. The van der Waals surface area contributed by atoms with E-state index in [2.05, 4.69) is 4.98 Å². The summed E-state index contributed by atoms with van der Waals surface area (Å²) in [6, 6.07) is 3.39. The second-order valence-electron chi connectivity index (χ2n) is 6.38. The highest BCUT2D eigenvalue weighted by Crippen LogP contribution is 2.24. The minimum atomic E-state index is -0.482. The van der Waals surface area contributed by atoms with Crippen molar-refractivity contribution >= 4 is 17.6 Å². The van der Waals surface area contributed by atoms with Crippen molar-refractivity contribution in [3.63, 3.8) is 0 Å². The van der Waals surface area contributed by atoms with E-state index < -0.39 is 5.91 Å². The maximum atomic E-state index is 12.7. The van der Waals surface area contributed by atoms with Crippen LogP contribution in [0.2, 0.25) is 0 Å². The number of hydrogen-bond acceptors (Lipinski definition) is 5. The van der Waals surface area contributed by atoms with E-state index >= 15 is 0 Å². The van der Waals surface area contributed by atoms with Gasteiger partial charge in [0, 0.05) is 39.0 Å². The number of piperazine rings is 1. The molecule has 0 spiro atoms. The Morgan fingerprint density at radius 2 is 2.04 bits per heavy atom. The van der Waals surface area contributed by atoms with Gasteiger partial charge in [0.1, 0.15) is 5.82 Å². The van der Waals surface area contributed by atoms with Crippen molar-refractivity contribution in [2.75, 3.05) is 37.7 Å². The third-order valence-corrected chi connectivity index (χ3v) is 4.87. The number of rotatable bonds is 3. The van der Waals surface area contributed by atoms with E-state index in [9.17, 15) is 9.59 Å². The molecule has 3 heterocycles. The molecule has 1 aromatic heterocycles. The normalized spacial score (nSPS) is 24.7. The Hall–Kier alpha value is -2.15. The number of amides is 2. The lowest BCUT2D eigenvalue weighted by Gasteiger charge is -2.39. The molecule has 0 aliphatic carbocycles. The third-order valence-electron chi connectivity index (χ3n) is 4.87. The number of nitrogens with two attached hydrogens (primary N) is 1. The highest BCUT2D eigenvalue weighted by atomic mass is 16.5. The van der Waals surface area contributed by atoms with Gasteiger partial charge in [-0.2, -0.15) is 0 Å². The van der Waals surface area contributed by atoms with Crippen molar-refractivity contribution in [3.05, 3.63) is 23.9 Å². The summed E-state index contributed by atoms with van der Waals surface area (Å²) < 4.78 is 5.62. The van der Waals surface area contributed by atoms with Gasteiger partial charge in [-0.15, -0.1) is 0 Å². The van der Waals surface area contributed by atoms with Crippen LogP contribution in [0.25, 0.3) is 0 Å². The first-order valence-electron chi connectivity index (χ1n) is 8.48. The first-order valence-corrected chi connectivity index (χ1v) is 8.48. The molecule has 0 saturated carbocycles. The second-order valence-corrected chi connectivity index (χ2v) is 6.38. The van der Waals surface area contributed by atoms with E-state index in [0.717, 1.165) is 19.4 Å². The standard InChI is InChI=1S/C17H24N4O3/c1-12-13(5-3-11-24-12)17(23)21-9-7-20(8-10-21)16-14(15(18)22)4-2-6-19-16/h2,4,6,12-13H,3,5,7-11H2,1H3,(H2,18,22)/t12-,13-/m0/s1. The van der Waals surface area contributed by atoms with Crippen LogP contribution in [0.1, 0.15) is 30.1 Å². The lowest BCUT2D eigenvalue weighted by molar-refractivity contribution is -0.144. The Morgan fingerprint density at radius 1 is 1.29 bits per heavy atom. The SMILES string of the molecule is C[C@@H]1OCCC[C@@H]1C(=O)N1CCN(c2ncccc2C(N)=O)CC1. The number of anilines is 1. The van der Waals surface area contributed by atoms with Crippen LogP contribution in [-0.4, -0.2) is 60.6 Å². The van der Waals surface area contributed by atoms with Gasteiger partial charge in [0.05, 0.1) is 17.6 Å². The van der Waals surface area contributed by atoms with Gasteiger partial charge < -0.3 is 20.3 Å². The van der Waals surface area contributed by atoms with E-state index in [1.54, 1.807) is 18.3 Å². The minimum absolute atomic E-state index is 0.0125. The molecule has 24 heavy (non-hydrogen) atoms. The molecule has 2 fully saturated rings. The molecule has 2 N–H and O–H groups in total. The van der Waals surface area contributed by atoms with Crippen LogP contribution < -0.4 is 10.6 Å². The van der Waals surface area contributed by atoms with Crippen molar-refractivity contribution in [3.8, 4) is 0 Å². The lowest BCUT2D eigenvalue weighted by atomic mass is 9.93. The van der Waals surface area contributed by atoms with Crippen LogP contribution >= 0.6 is 0 Å². The Balaban J connectivity index is 1.64. The van der Waals surface area contributed by atoms with Crippen LogP contribution in [-0.2, 0) is 9.53 Å². The number of primary amides is 1. The summed E-state index contributed by atoms with van der Waals surface area (Å²) in [5, 5.41) is 0. The van der Waals surface area contributed by atoms with Gasteiger partial charge in [0.15, 0.2) is 0 Å². The second kappa shape index (κ2) is 7.17. The number of hydrogen-bond donors (Lipinski definition) is 1. The summed E-state index contributed by atoms with van der Waals surface area (Å²) in [5.41, 5.74) is 5.85. The molecule has 130 valence electrons. The fourth-order valence-electron chi connectivity index (χ4n) is 3.46. The lowest BCUT2D eigenvalue weighted by Crippen LogP contribution is -2.52. The van der Waals surface area contributed by atoms with E-state index in [-0.39, 0.29) is 17.9 Å². The molecular formula is C17H24N4O3. The zero-order chi connectivity index (χ0) is 17.1. The Labute approximate surface area is 141 Å². The topological polar surface area (TPSA) is 88.8 Å². The van der Waals surface area contributed by atoms with Crippen molar-refractivity contribution in [2.24, 2.45) is 11.7 Å². The summed E-state index contributed by atoms with van der Waals surface area (Å²) >= 11 is 0. The molecule has 7 nitrogen and oxygen atoms in total. The van der Waals surface area contributed by atoms with Gasteiger partial charge in [0.2, 0.25) is 5.91 Å². The molecule has 7 heteroatoms. The van der Waals surface area contributed by atoms with Gasteiger partial charge in [0.25, 0.3) is 5.91 Å². The van der Waals surface area contributed by atoms with Crippen molar-refractivity contribution < 1.29 is 14.3 Å². The van der Waals surface area contributed by atoms with Crippen LogP contribution in [0.4, 0.5) is 5.82 Å². The number of carbonyl (C=O) groups excluding carboxylic acids is 2. The summed E-state index contributed by atoms with van der Waals surface area (Å²) in [6.07, 6.45) is 3.48. The van der Waals surface area contributed by atoms with Crippen LogP contribution in [0.5, 0.6) is 0 Å². The predicted octanol–water partition coefficient (Wildman–Crippen LogP) is 0.644. The smallest absolute Gasteiger partial charge is 0.252 e. The van der Waals surface area contributed by atoms with Crippen molar-refractivity contribution in [1.82, 2.24) is 9.88 Å². The molecule has 2 aliphatic heterocycles. The average Bonchev–Trinajstić information content (AvgIpc) is 2.62. The first-order chi connectivity index (χ1) is 11.6. The summed E-state index contributed by atoms with van der Waals surface area (Å²) in [7, 11) is 0. The van der Waals surface area contributed by atoms with E-state index in [4.69, 9.17) is 10.5 Å². The zero-order valence-corrected chi connectivity index (χ0v) is 14.0. The van der Waals surface area contributed by atoms with E-state index in [1.807, 2.05) is 16.7 Å². The fraction of sp³-hybridized carbons (Fsp3) is 0.588. The van der Waals surface area contributed by atoms with Crippen LogP contribution in [0.15, 0.2) is 18.3 Å². The summed E-state index contributed by atoms with van der Waals surface area (Å²) in [6.45, 7) is 5.25. The molecule has 2 aliphatic rings. The largest absolute Gasteiger partial charge is 0.378 e. The summed E-state index contributed by atoms with van der Waals surface area (Å²) in [5.74, 6) is 0.260. The molecule has 0 radical (unpaired) electrons. The van der Waals surface area contributed by atoms with Gasteiger partial charge in [-0.25, -0.2) is 4.98 Å². The average molecular weight is 332 g/mol. The Bertz CT molecular complexity index is 614. The van der Waals surface area contributed by atoms with Gasteiger partial charge >= 0.3 is 0 Å². The highest BCUT2D eigenvalue weighted by molar-refractivity contribution is 5.97. The number of ether oxygens (including phenoxy) is 1. The monoisotopic (exact) mass is 332 g/mol. The number of nitrogens with zero attached hydrogens (tertiary/aromatic N) is 3.